The molecule has 0 spiro atoms. The lowest BCUT2D eigenvalue weighted by molar-refractivity contribution is 0.563. The zero-order chi connectivity index (χ0) is 13.6. The van der Waals surface area contributed by atoms with Crippen molar-refractivity contribution >= 4 is 22.9 Å². The Hall–Kier alpha value is -1.23. The molecule has 2 aliphatic carbocycles. The van der Waals surface area contributed by atoms with Crippen LogP contribution >= 0.6 is 12.2 Å². The van der Waals surface area contributed by atoms with Crippen molar-refractivity contribution in [2.24, 2.45) is 11.7 Å². The standard InChI is InChI=1S/C14H16F2N2S/c15-11-5-9(14(17)19)6-12(16)13(11)18(10-3-4-10)7-8-1-2-8/h5-6,8,10H,1-4,7H2,(H2,17,19). The lowest BCUT2D eigenvalue weighted by Crippen LogP contribution is -2.30. The molecule has 0 aromatic heterocycles. The van der Waals surface area contributed by atoms with Crippen LogP contribution in [-0.4, -0.2) is 17.6 Å². The summed E-state index contributed by atoms with van der Waals surface area (Å²) in [7, 11) is 0. The van der Waals surface area contributed by atoms with E-state index in [1.54, 1.807) is 0 Å². The summed E-state index contributed by atoms with van der Waals surface area (Å²) in [5, 5.41) is 0. The third-order valence-corrected chi connectivity index (χ3v) is 3.96. The lowest BCUT2D eigenvalue weighted by atomic mass is 10.1. The molecular formula is C14H16F2N2S. The van der Waals surface area contributed by atoms with E-state index in [2.05, 4.69) is 0 Å². The van der Waals surface area contributed by atoms with Crippen molar-refractivity contribution in [1.82, 2.24) is 0 Å². The molecule has 102 valence electrons. The van der Waals surface area contributed by atoms with Crippen molar-refractivity contribution in [3.63, 3.8) is 0 Å². The van der Waals surface area contributed by atoms with E-state index in [0.717, 1.165) is 32.2 Å². The fraction of sp³-hybridized carbons (Fsp3) is 0.500. The normalized spacial score (nSPS) is 18.4. The zero-order valence-electron chi connectivity index (χ0n) is 10.5. The number of nitrogens with zero attached hydrogens (tertiary/aromatic N) is 1. The van der Waals surface area contributed by atoms with Gasteiger partial charge in [-0.3, -0.25) is 0 Å². The molecule has 3 rings (SSSR count). The van der Waals surface area contributed by atoms with Gasteiger partial charge in [0.25, 0.3) is 0 Å². The highest BCUT2D eigenvalue weighted by atomic mass is 32.1. The fourth-order valence-electron chi connectivity index (χ4n) is 2.37. The Bertz CT molecular complexity index is 501. The van der Waals surface area contributed by atoms with Crippen molar-refractivity contribution in [2.75, 3.05) is 11.4 Å². The number of halogens is 2. The van der Waals surface area contributed by atoms with Crippen molar-refractivity contribution in [3.05, 3.63) is 29.3 Å². The molecule has 0 atom stereocenters. The Morgan fingerprint density at radius 2 is 1.79 bits per heavy atom. The molecule has 0 bridgehead atoms. The zero-order valence-corrected chi connectivity index (χ0v) is 11.4. The van der Waals surface area contributed by atoms with Crippen molar-refractivity contribution in [2.45, 2.75) is 31.7 Å². The number of hydrogen-bond donors (Lipinski definition) is 1. The first-order chi connectivity index (χ1) is 9.06. The van der Waals surface area contributed by atoms with E-state index in [0.29, 0.717) is 12.0 Å². The van der Waals surface area contributed by atoms with Crippen molar-refractivity contribution < 1.29 is 8.78 Å². The first kappa shape index (κ1) is 12.8. The molecule has 1 aromatic carbocycles. The molecular weight excluding hydrogens is 266 g/mol. The molecule has 0 radical (unpaired) electrons. The molecule has 2 nitrogen and oxygen atoms in total. The summed E-state index contributed by atoms with van der Waals surface area (Å²) in [6, 6.07) is 2.77. The maximum atomic E-state index is 14.2. The number of hydrogen-bond acceptors (Lipinski definition) is 2. The van der Waals surface area contributed by atoms with Gasteiger partial charge in [-0.2, -0.15) is 0 Å². The molecule has 2 N–H and O–H groups in total. The maximum absolute atomic E-state index is 14.2. The third kappa shape index (κ3) is 2.71. The maximum Gasteiger partial charge on any atom is 0.150 e. The van der Waals surface area contributed by atoms with Crippen LogP contribution in [0.25, 0.3) is 0 Å². The summed E-state index contributed by atoms with van der Waals surface area (Å²) in [4.78, 5) is 1.91. The van der Waals surface area contributed by atoms with E-state index in [1.165, 1.54) is 12.1 Å². The highest BCUT2D eigenvalue weighted by Gasteiger charge is 2.36. The number of anilines is 1. The van der Waals surface area contributed by atoms with Gasteiger partial charge in [0.15, 0.2) is 0 Å². The highest BCUT2D eigenvalue weighted by molar-refractivity contribution is 7.80. The quantitative estimate of drug-likeness (QED) is 0.842. The van der Waals surface area contributed by atoms with E-state index in [9.17, 15) is 8.78 Å². The first-order valence-electron chi connectivity index (χ1n) is 6.61. The van der Waals surface area contributed by atoms with Gasteiger partial charge in [0.05, 0.1) is 0 Å². The van der Waals surface area contributed by atoms with Crippen LogP contribution in [0.15, 0.2) is 12.1 Å². The third-order valence-electron chi connectivity index (χ3n) is 3.73. The van der Waals surface area contributed by atoms with Gasteiger partial charge in [-0.05, 0) is 43.7 Å². The average Bonchev–Trinajstić information content (AvgIpc) is 3.20. The van der Waals surface area contributed by atoms with Gasteiger partial charge in [0.1, 0.15) is 22.3 Å². The topological polar surface area (TPSA) is 29.3 Å². The lowest BCUT2D eigenvalue weighted by Gasteiger charge is -2.26. The van der Waals surface area contributed by atoms with E-state index in [-0.39, 0.29) is 16.2 Å². The Morgan fingerprint density at radius 3 is 2.21 bits per heavy atom. The minimum atomic E-state index is -0.560. The van der Waals surface area contributed by atoms with Crippen LogP contribution in [0.1, 0.15) is 31.2 Å². The van der Waals surface area contributed by atoms with Gasteiger partial charge in [0.2, 0.25) is 0 Å². The summed E-state index contributed by atoms with van der Waals surface area (Å²) in [6.45, 7) is 0.755. The predicted octanol–water partition coefficient (Wildman–Crippen LogP) is 2.98. The van der Waals surface area contributed by atoms with Gasteiger partial charge in [-0.25, -0.2) is 8.78 Å². The van der Waals surface area contributed by atoms with E-state index in [1.807, 2.05) is 4.90 Å². The van der Waals surface area contributed by atoms with Crippen LogP contribution in [0.3, 0.4) is 0 Å². The van der Waals surface area contributed by atoms with Crippen LogP contribution in [-0.2, 0) is 0 Å². The second-order valence-electron chi connectivity index (χ2n) is 5.48. The molecule has 0 unspecified atom stereocenters. The summed E-state index contributed by atoms with van der Waals surface area (Å²) < 4.78 is 28.4. The minimum absolute atomic E-state index is 0.0181. The van der Waals surface area contributed by atoms with Gasteiger partial charge in [-0.15, -0.1) is 0 Å². The Morgan fingerprint density at radius 1 is 1.21 bits per heavy atom. The van der Waals surface area contributed by atoms with Crippen LogP contribution in [0.2, 0.25) is 0 Å². The number of benzene rings is 1. The Kier molecular flexibility index (Phi) is 3.17. The molecule has 1 aromatic rings. The molecule has 0 saturated heterocycles. The monoisotopic (exact) mass is 282 g/mol. The van der Waals surface area contributed by atoms with E-state index >= 15 is 0 Å². The highest BCUT2D eigenvalue weighted by Crippen LogP contribution is 2.39. The molecule has 19 heavy (non-hydrogen) atoms. The molecule has 5 heteroatoms. The molecule has 0 aliphatic heterocycles. The van der Waals surface area contributed by atoms with Gasteiger partial charge in [-0.1, -0.05) is 12.2 Å². The summed E-state index contributed by atoms with van der Waals surface area (Å²) in [5.74, 6) is -0.527. The average molecular weight is 282 g/mol. The first-order valence-corrected chi connectivity index (χ1v) is 7.02. The second kappa shape index (κ2) is 4.71. The van der Waals surface area contributed by atoms with Gasteiger partial charge < -0.3 is 10.6 Å². The Labute approximate surface area is 116 Å². The van der Waals surface area contributed by atoms with Gasteiger partial charge in [0, 0.05) is 18.2 Å². The van der Waals surface area contributed by atoms with Crippen LogP contribution < -0.4 is 10.6 Å². The number of thiocarbonyl (C=S) groups is 1. The smallest absolute Gasteiger partial charge is 0.150 e. The Balaban J connectivity index is 1.94. The second-order valence-corrected chi connectivity index (χ2v) is 5.92. The summed E-state index contributed by atoms with van der Waals surface area (Å²) in [6.07, 6.45) is 4.36. The van der Waals surface area contributed by atoms with Crippen molar-refractivity contribution in [1.29, 1.82) is 0 Å². The van der Waals surface area contributed by atoms with E-state index < -0.39 is 11.6 Å². The van der Waals surface area contributed by atoms with Crippen LogP contribution in [0, 0.1) is 17.6 Å². The largest absolute Gasteiger partial charge is 0.389 e. The summed E-state index contributed by atoms with van der Waals surface area (Å²) in [5.41, 5.74) is 5.76. The molecule has 2 saturated carbocycles. The molecule has 2 aliphatic rings. The molecule has 2 fully saturated rings. The predicted molar refractivity (Wildman–Crippen MR) is 75.3 cm³/mol. The fourth-order valence-corrected chi connectivity index (χ4v) is 2.49. The van der Waals surface area contributed by atoms with Crippen LogP contribution in [0.5, 0.6) is 0 Å². The minimum Gasteiger partial charge on any atom is -0.389 e. The van der Waals surface area contributed by atoms with Crippen LogP contribution in [0.4, 0.5) is 14.5 Å². The molecule has 0 amide bonds. The number of rotatable bonds is 5. The van der Waals surface area contributed by atoms with E-state index in [4.69, 9.17) is 18.0 Å². The summed E-state index contributed by atoms with van der Waals surface area (Å²) >= 11 is 4.76. The van der Waals surface area contributed by atoms with Gasteiger partial charge >= 0.3 is 0 Å². The van der Waals surface area contributed by atoms with Crippen molar-refractivity contribution in [3.8, 4) is 0 Å². The number of nitrogens with two attached hydrogens (primary N) is 1. The molecule has 0 heterocycles. The SMILES string of the molecule is NC(=S)c1cc(F)c(N(CC2CC2)C2CC2)c(F)c1.